The summed E-state index contributed by atoms with van der Waals surface area (Å²) in [5, 5.41) is 5.87. The zero-order chi connectivity index (χ0) is 20.6. The molecule has 0 aliphatic heterocycles. The number of nitrogens with zero attached hydrogens (tertiary/aromatic N) is 2. The van der Waals surface area contributed by atoms with Crippen LogP contribution in [0.25, 0.3) is 0 Å². The van der Waals surface area contributed by atoms with Crippen LogP contribution in [-0.2, 0) is 6.42 Å². The van der Waals surface area contributed by atoms with E-state index in [1.165, 1.54) is 18.5 Å². The number of hydrogen-bond donors (Lipinski definition) is 2. The molecule has 0 spiro atoms. The van der Waals surface area contributed by atoms with Gasteiger partial charge in [0.1, 0.15) is 23.1 Å². The van der Waals surface area contributed by atoms with E-state index in [2.05, 4.69) is 20.6 Å². The molecular weight excluding hydrogens is 371 g/mol. The van der Waals surface area contributed by atoms with Crippen LogP contribution in [0.3, 0.4) is 0 Å². The van der Waals surface area contributed by atoms with E-state index in [0.29, 0.717) is 35.8 Å². The number of para-hydroxylation sites is 2. The monoisotopic (exact) mass is 394 g/mol. The molecule has 6 nitrogen and oxygen atoms in total. The predicted molar refractivity (Wildman–Crippen MR) is 111 cm³/mol. The van der Waals surface area contributed by atoms with E-state index in [4.69, 9.17) is 4.74 Å². The molecule has 0 atom stereocenters. The van der Waals surface area contributed by atoms with Crippen molar-refractivity contribution in [1.82, 2.24) is 9.97 Å². The minimum Gasteiger partial charge on any atom is -0.489 e. The Labute approximate surface area is 169 Å². The number of hydrogen-bond acceptors (Lipinski definition) is 5. The maximum atomic E-state index is 13.6. The van der Waals surface area contributed by atoms with Crippen molar-refractivity contribution in [2.45, 2.75) is 26.4 Å². The minimum absolute atomic E-state index is 0.0115. The Morgan fingerprint density at radius 2 is 1.83 bits per heavy atom. The van der Waals surface area contributed by atoms with E-state index < -0.39 is 0 Å². The first-order chi connectivity index (χ1) is 14.0. The molecule has 0 aliphatic carbocycles. The Bertz CT molecular complexity index is 961. The van der Waals surface area contributed by atoms with Crippen molar-refractivity contribution in [2.75, 3.05) is 17.2 Å². The highest BCUT2D eigenvalue weighted by Gasteiger charge is 2.12. The average molecular weight is 394 g/mol. The largest absolute Gasteiger partial charge is 0.489 e. The summed E-state index contributed by atoms with van der Waals surface area (Å²) in [5.74, 6) is 0.501. The molecule has 0 bridgehead atoms. The third-order valence-electron chi connectivity index (χ3n) is 4.04. The molecule has 0 saturated heterocycles. The van der Waals surface area contributed by atoms with E-state index in [1.807, 2.05) is 26.0 Å². The summed E-state index contributed by atoms with van der Waals surface area (Å²) in [4.78, 5) is 20.8. The standard InChI is InChI=1S/C22H23FN4O2/c1-15(2)29-20-10-6-5-9-18(20)27-22(28)19-13-26-21(14-25-19)24-12-11-16-7-3-4-8-17(16)23/h3-10,13-15H,11-12H2,1-2H3,(H,24,26)(H,27,28). The van der Waals surface area contributed by atoms with Crippen LogP contribution >= 0.6 is 0 Å². The van der Waals surface area contributed by atoms with E-state index in [1.54, 1.807) is 30.3 Å². The van der Waals surface area contributed by atoms with Gasteiger partial charge in [0.15, 0.2) is 0 Å². The summed E-state index contributed by atoms with van der Waals surface area (Å²) in [6.07, 6.45) is 3.38. The first-order valence-electron chi connectivity index (χ1n) is 9.39. The highest BCUT2D eigenvalue weighted by molar-refractivity contribution is 6.03. The lowest BCUT2D eigenvalue weighted by molar-refractivity contribution is 0.102. The molecule has 1 amide bonds. The van der Waals surface area contributed by atoms with E-state index in [-0.39, 0.29) is 23.5 Å². The number of nitrogens with one attached hydrogen (secondary N) is 2. The van der Waals surface area contributed by atoms with Gasteiger partial charge in [-0.25, -0.2) is 14.4 Å². The first-order valence-corrected chi connectivity index (χ1v) is 9.39. The molecule has 3 aromatic rings. The van der Waals surface area contributed by atoms with Crippen LogP contribution in [-0.4, -0.2) is 28.5 Å². The van der Waals surface area contributed by atoms with Gasteiger partial charge in [-0.05, 0) is 44.0 Å². The molecule has 2 aromatic carbocycles. The van der Waals surface area contributed by atoms with E-state index >= 15 is 0 Å². The van der Waals surface area contributed by atoms with Crippen molar-refractivity contribution in [3.05, 3.63) is 78.0 Å². The molecule has 1 heterocycles. The summed E-state index contributed by atoms with van der Waals surface area (Å²) in [7, 11) is 0. The highest BCUT2D eigenvalue weighted by Crippen LogP contribution is 2.25. The normalized spacial score (nSPS) is 10.6. The number of rotatable bonds is 8. The summed E-state index contributed by atoms with van der Waals surface area (Å²) in [5.41, 5.74) is 1.38. The second-order valence-electron chi connectivity index (χ2n) is 6.67. The second-order valence-corrected chi connectivity index (χ2v) is 6.67. The van der Waals surface area contributed by atoms with E-state index in [9.17, 15) is 9.18 Å². The number of anilines is 2. The molecule has 29 heavy (non-hydrogen) atoms. The van der Waals surface area contributed by atoms with Crippen molar-refractivity contribution in [3.8, 4) is 5.75 Å². The van der Waals surface area contributed by atoms with Crippen LogP contribution in [0.1, 0.15) is 29.9 Å². The SMILES string of the molecule is CC(C)Oc1ccccc1NC(=O)c1cnc(NCCc2ccccc2F)cn1. The number of aromatic nitrogens is 2. The Morgan fingerprint density at radius 1 is 1.07 bits per heavy atom. The van der Waals surface area contributed by atoms with Gasteiger partial charge >= 0.3 is 0 Å². The maximum absolute atomic E-state index is 13.6. The third-order valence-corrected chi connectivity index (χ3v) is 4.04. The van der Waals surface area contributed by atoms with Crippen LogP contribution in [0.4, 0.5) is 15.9 Å². The number of carbonyl (C=O) groups is 1. The topological polar surface area (TPSA) is 76.1 Å². The van der Waals surface area contributed by atoms with Crippen molar-refractivity contribution in [1.29, 1.82) is 0 Å². The Morgan fingerprint density at radius 3 is 2.55 bits per heavy atom. The minimum atomic E-state index is -0.379. The zero-order valence-corrected chi connectivity index (χ0v) is 16.4. The molecule has 1 aromatic heterocycles. The average Bonchev–Trinajstić information content (AvgIpc) is 2.71. The zero-order valence-electron chi connectivity index (χ0n) is 16.4. The Kier molecular flexibility index (Phi) is 6.73. The highest BCUT2D eigenvalue weighted by atomic mass is 19.1. The van der Waals surface area contributed by atoms with Gasteiger partial charge in [0.05, 0.1) is 24.2 Å². The summed E-state index contributed by atoms with van der Waals surface area (Å²) in [6.45, 7) is 4.34. The molecule has 0 radical (unpaired) electrons. The summed E-state index contributed by atoms with van der Waals surface area (Å²) >= 11 is 0. The third kappa shape index (κ3) is 5.75. The van der Waals surface area contributed by atoms with Gasteiger partial charge in [-0.2, -0.15) is 0 Å². The van der Waals surface area contributed by atoms with Crippen molar-refractivity contribution in [2.24, 2.45) is 0 Å². The quantitative estimate of drug-likeness (QED) is 0.595. The fraction of sp³-hybridized carbons (Fsp3) is 0.227. The molecule has 3 rings (SSSR count). The van der Waals surface area contributed by atoms with Gasteiger partial charge in [0.2, 0.25) is 0 Å². The lowest BCUT2D eigenvalue weighted by Crippen LogP contribution is -2.16. The first kappa shape index (κ1) is 20.3. The van der Waals surface area contributed by atoms with Crippen molar-refractivity contribution < 1.29 is 13.9 Å². The lowest BCUT2D eigenvalue weighted by atomic mass is 10.1. The van der Waals surface area contributed by atoms with Crippen LogP contribution in [0, 0.1) is 5.82 Å². The van der Waals surface area contributed by atoms with Crippen molar-refractivity contribution >= 4 is 17.4 Å². The smallest absolute Gasteiger partial charge is 0.275 e. The van der Waals surface area contributed by atoms with Gasteiger partial charge in [-0.1, -0.05) is 30.3 Å². The van der Waals surface area contributed by atoms with Gasteiger partial charge in [-0.3, -0.25) is 4.79 Å². The van der Waals surface area contributed by atoms with Gasteiger partial charge in [0.25, 0.3) is 5.91 Å². The molecule has 150 valence electrons. The predicted octanol–water partition coefficient (Wildman–Crippen LogP) is 4.31. The van der Waals surface area contributed by atoms with Crippen molar-refractivity contribution in [3.63, 3.8) is 0 Å². The lowest BCUT2D eigenvalue weighted by Gasteiger charge is -2.14. The fourth-order valence-corrected chi connectivity index (χ4v) is 2.68. The molecular formula is C22H23FN4O2. The summed E-state index contributed by atoms with van der Waals surface area (Å²) in [6, 6.07) is 13.9. The Balaban J connectivity index is 1.57. The number of amides is 1. The maximum Gasteiger partial charge on any atom is 0.275 e. The van der Waals surface area contributed by atoms with Gasteiger partial charge in [0, 0.05) is 6.54 Å². The van der Waals surface area contributed by atoms with Crippen LogP contribution in [0.5, 0.6) is 5.75 Å². The molecule has 2 N–H and O–H groups in total. The van der Waals surface area contributed by atoms with Crippen LogP contribution in [0.2, 0.25) is 0 Å². The van der Waals surface area contributed by atoms with E-state index in [0.717, 1.165) is 0 Å². The molecule has 0 unspecified atom stereocenters. The van der Waals surface area contributed by atoms with Gasteiger partial charge in [-0.15, -0.1) is 0 Å². The number of halogens is 1. The molecule has 0 saturated carbocycles. The molecule has 0 aliphatic rings. The van der Waals surface area contributed by atoms with Crippen LogP contribution in [0.15, 0.2) is 60.9 Å². The number of ether oxygens (including phenoxy) is 1. The van der Waals surface area contributed by atoms with Crippen LogP contribution < -0.4 is 15.4 Å². The summed E-state index contributed by atoms with van der Waals surface area (Å²) < 4.78 is 19.3. The number of carbonyl (C=O) groups excluding carboxylic acids is 1. The fourth-order valence-electron chi connectivity index (χ4n) is 2.68. The molecule has 7 heteroatoms. The number of benzene rings is 2. The molecule has 0 fully saturated rings. The Hall–Kier alpha value is -3.48. The second kappa shape index (κ2) is 9.64. The van der Waals surface area contributed by atoms with Gasteiger partial charge < -0.3 is 15.4 Å².